The quantitative estimate of drug-likeness (QED) is 0.792. The number of rotatable bonds is 3. The van der Waals surface area contributed by atoms with Crippen molar-refractivity contribution < 1.29 is 4.74 Å². The molecule has 2 heteroatoms. The van der Waals surface area contributed by atoms with Gasteiger partial charge in [-0.3, -0.25) is 0 Å². The zero-order valence-electron chi connectivity index (χ0n) is 8.57. The lowest BCUT2D eigenvalue weighted by Gasteiger charge is -2.32. The Hall–Kier alpha value is -1.02. The summed E-state index contributed by atoms with van der Waals surface area (Å²) in [6, 6.07) is 8.68. The monoisotopic (exact) mass is 191 g/mol. The first-order valence-corrected chi connectivity index (χ1v) is 5.17. The first-order valence-electron chi connectivity index (χ1n) is 5.17. The van der Waals surface area contributed by atoms with Crippen LogP contribution in [0, 0.1) is 5.92 Å². The maximum Gasteiger partial charge on any atom is 0.122 e. The van der Waals surface area contributed by atoms with Crippen LogP contribution in [0.1, 0.15) is 18.4 Å². The lowest BCUT2D eigenvalue weighted by Crippen LogP contribution is -2.37. The minimum absolute atomic E-state index is 0.440. The van der Waals surface area contributed by atoms with Crippen LogP contribution in [0.5, 0.6) is 5.75 Å². The number of para-hydroxylation sites is 1. The van der Waals surface area contributed by atoms with Crippen LogP contribution in [-0.4, -0.2) is 13.2 Å². The lowest BCUT2D eigenvalue weighted by atomic mass is 9.77. The minimum Gasteiger partial charge on any atom is -0.496 e. The summed E-state index contributed by atoms with van der Waals surface area (Å²) in [7, 11) is 1.73. The molecule has 0 unspecified atom stereocenters. The normalized spacial score (nSPS) is 25.6. The highest BCUT2D eigenvalue weighted by Crippen LogP contribution is 2.31. The van der Waals surface area contributed by atoms with Crippen LogP contribution in [0.15, 0.2) is 24.3 Å². The van der Waals surface area contributed by atoms with Gasteiger partial charge in [-0.15, -0.1) is 0 Å². The summed E-state index contributed by atoms with van der Waals surface area (Å²) in [6.45, 7) is 0. The molecular weight excluding hydrogens is 174 g/mol. The van der Waals surface area contributed by atoms with Crippen LogP contribution in [0.3, 0.4) is 0 Å². The fourth-order valence-corrected chi connectivity index (χ4v) is 2.14. The van der Waals surface area contributed by atoms with E-state index >= 15 is 0 Å². The van der Waals surface area contributed by atoms with E-state index in [-0.39, 0.29) is 0 Å². The van der Waals surface area contributed by atoms with E-state index in [2.05, 4.69) is 12.1 Å². The van der Waals surface area contributed by atoms with Crippen molar-refractivity contribution in [2.24, 2.45) is 11.7 Å². The Balaban J connectivity index is 2.01. The molecule has 1 aliphatic carbocycles. The van der Waals surface area contributed by atoms with Crippen molar-refractivity contribution in [3.63, 3.8) is 0 Å². The largest absolute Gasteiger partial charge is 0.496 e. The maximum absolute atomic E-state index is 5.76. The van der Waals surface area contributed by atoms with E-state index in [1.165, 1.54) is 5.56 Å². The topological polar surface area (TPSA) is 35.2 Å². The van der Waals surface area contributed by atoms with E-state index in [1.807, 2.05) is 12.1 Å². The number of methoxy groups -OCH3 is 1. The molecule has 1 aliphatic rings. The molecule has 1 aromatic rings. The van der Waals surface area contributed by atoms with Gasteiger partial charge in [-0.1, -0.05) is 18.2 Å². The maximum atomic E-state index is 5.76. The van der Waals surface area contributed by atoms with Crippen molar-refractivity contribution in [1.82, 2.24) is 0 Å². The van der Waals surface area contributed by atoms with Gasteiger partial charge in [-0.05, 0) is 36.8 Å². The first-order chi connectivity index (χ1) is 6.79. The standard InChI is InChI=1S/C12H17NO/c1-14-12-5-3-2-4-10(12)6-9-7-11(13)8-9/h2-5,9,11H,6-8,13H2,1H3. The smallest absolute Gasteiger partial charge is 0.122 e. The molecule has 2 N–H and O–H groups in total. The molecule has 1 aromatic carbocycles. The highest BCUT2D eigenvalue weighted by atomic mass is 16.5. The van der Waals surface area contributed by atoms with Gasteiger partial charge in [0.15, 0.2) is 0 Å². The Kier molecular flexibility index (Phi) is 2.73. The summed E-state index contributed by atoms with van der Waals surface area (Å²) < 4.78 is 5.31. The molecule has 0 radical (unpaired) electrons. The Morgan fingerprint density at radius 3 is 2.71 bits per heavy atom. The van der Waals surface area contributed by atoms with Crippen molar-refractivity contribution in [3.05, 3.63) is 29.8 Å². The molecule has 0 atom stereocenters. The van der Waals surface area contributed by atoms with Gasteiger partial charge < -0.3 is 10.5 Å². The molecule has 14 heavy (non-hydrogen) atoms. The molecular formula is C12H17NO. The van der Waals surface area contributed by atoms with Gasteiger partial charge >= 0.3 is 0 Å². The van der Waals surface area contributed by atoms with Gasteiger partial charge in [0.2, 0.25) is 0 Å². The summed E-state index contributed by atoms with van der Waals surface area (Å²) in [6.07, 6.45) is 3.44. The molecule has 1 saturated carbocycles. The minimum atomic E-state index is 0.440. The average molecular weight is 191 g/mol. The molecule has 0 bridgehead atoms. The van der Waals surface area contributed by atoms with E-state index in [1.54, 1.807) is 7.11 Å². The number of hydrogen-bond donors (Lipinski definition) is 1. The van der Waals surface area contributed by atoms with Gasteiger partial charge in [-0.2, -0.15) is 0 Å². The third-order valence-corrected chi connectivity index (χ3v) is 2.97. The van der Waals surface area contributed by atoms with Crippen molar-refractivity contribution >= 4 is 0 Å². The second-order valence-corrected chi connectivity index (χ2v) is 4.11. The number of ether oxygens (including phenoxy) is 1. The van der Waals surface area contributed by atoms with E-state index in [0.29, 0.717) is 6.04 Å². The number of nitrogens with two attached hydrogens (primary N) is 1. The Labute approximate surface area is 85.1 Å². The van der Waals surface area contributed by atoms with E-state index in [9.17, 15) is 0 Å². The fraction of sp³-hybridized carbons (Fsp3) is 0.500. The summed E-state index contributed by atoms with van der Waals surface area (Å²) in [5.41, 5.74) is 7.07. The molecule has 0 amide bonds. The Bertz CT molecular complexity index is 305. The first kappa shape index (κ1) is 9.53. The highest BCUT2D eigenvalue weighted by Gasteiger charge is 2.26. The molecule has 76 valence electrons. The summed E-state index contributed by atoms with van der Waals surface area (Å²) in [5, 5.41) is 0. The predicted octanol–water partition coefficient (Wildman–Crippen LogP) is 1.98. The summed E-state index contributed by atoms with van der Waals surface area (Å²) >= 11 is 0. The van der Waals surface area contributed by atoms with Crippen LogP contribution in [0.4, 0.5) is 0 Å². The molecule has 0 aliphatic heterocycles. The molecule has 1 fully saturated rings. The molecule has 0 heterocycles. The van der Waals surface area contributed by atoms with Crippen molar-refractivity contribution in [2.75, 3.05) is 7.11 Å². The molecule has 2 rings (SSSR count). The molecule has 0 spiro atoms. The number of benzene rings is 1. The van der Waals surface area contributed by atoms with E-state index in [4.69, 9.17) is 10.5 Å². The van der Waals surface area contributed by atoms with Gasteiger partial charge in [0.25, 0.3) is 0 Å². The van der Waals surface area contributed by atoms with Crippen molar-refractivity contribution in [2.45, 2.75) is 25.3 Å². The Morgan fingerprint density at radius 1 is 1.36 bits per heavy atom. The van der Waals surface area contributed by atoms with Gasteiger partial charge in [0, 0.05) is 6.04 Å². The summed E-state index contributed by atoms with van der Waals surface area (Å²) in [4.78, 5) is 0. The second-order valence-electron chi connectivity index (χ2n) is 4.11. The van der Waals surface area contributed by atoms with Crippen LogP contribution in [0.25, 0.3) is 0 Å². The Morgan fingerprint density at radius 2 is 2.07 bits per heavy atom. The van der Waals surface area contributed by atoms with Crippen molar-refractivity contribution in [1.29, 1.82) is 0 Å². The fourth-order valence-electron chi connectivity index (χ4n) is 2.14. The van der Waals surface area contributed by atoms with Crippen molar-refractivity contribution in [3.8, 4) is 5.75 Å². The third kappa shape index (κ3) is 1.90. The van der Waals surface area contributed by atoms with Crippen LogP contribution in [-0.2, 0) is 6.42 Å². The summed E-state index contributed by atoms with van der Waals surface area (Å²) in [5.74, 6) is 1.77. The third-order valence-electron chi connectivity index (χ3n) is 2.97. The predicted molar refractivity (Wildman–Crippen MR) is 57.4 cm³/mol. The van der Waals surface area contributed by atoms with Crippen LogP contribution >= 0.6 is 0 Å². The zero-order chi connectivity index (χ0) is 9.97. The van der Waals surface area contributed by atoms with Gasteiger partial charge in [-0.25, -0.2) is 0 Å². The highest BCUT2D eigenvalue weighted by molar-refractivity contribution is 5.33. The molecule has 0 saturated heterocycles. The zero-order valence-corrected chi connectivity index (χ0v) is 8.57. The SMILES string of the molecule is COc1ccccc1CC1CC(N)C1. The van der Waals surface area contributed by atoms with Crippen LogP contribution < -0.4 is 10.5 Å². The van der Waals surface area contributed by atoms with E-state index < -0.39 is 0 Å². The van der Waals surface area contributed by atoms with Crippen LogP contribution in [0.2, 0.25) is 0 Å². The average Bonchev–Trinajstić information content (AvgIpc) is 2.16. The lowest BCUT2D eigenvalue weighted by molar-refractivity contribution is 0.261. The second kappa shape index (κ2) is 4.01. The molecule has 2 nitrogen and oxygen atoms in total. The molecule has 0 aromatic heterocycles. The van der Waals surface area contributed by atoms with Gasteiger partial charge in [0.1, 0.15) is 5.75 Å². The number of hydrogen-bond acceptors (Lipinski definition) is 2. The van der Waals surface area contributed by atoms with E-state index in [0.717, 1.165) is 30.9 Å². The van der Waals surface area contributed by atoms with Gasteiger partial charge in [0.05, 0.1) is 7.11 Å².